The van der Waals surface area contributed by atoms with Gasteiger partial charge in [0.2, 0.25) is 23.6 Å². The van der Waals surface area contributed by atoms with Gasteiger partial charge in [-0.3, -0.25) is 28.8 Å². The summed E-state index contributed by atoms with van der Waals surface area (Å²) >= 11 is 0. The second kappa shape index (κ2) is 13.5. The van der Waals surface area contributed by atoms with Crippen LogP contribution in [0.15, 0.2) is 0 Å². The van der Waals surface area contributed by atoms with E-state index >= 15 is 0 Å². The van der Waals surface area contributed by atoms with Crippen LogP contribution in [0.25, 0.3) is 0 Å². The molecule has 15 nitrogen and oxygen atoms in total. The van der Waals surface area contributed by atoms with Crippen molar-refractivity contribution in [1.29, 1.82) is 0 Å². The summed E-state index contributed by atoms with van der Waals surface area (Å²) in [5.41, 5.74) is 10.5. The van der Waals surface area contributed by atoms with Crippen LogP contribution in [0.4, 0.5) is 0 Å². The number of rotatable bonds is 15. The van der Waals surface area contributed by atoms with Gasteiger partial charge in [0.15, 0.2) is 0 Å². The number of nitrogens with two attached hydrogens (primary N) is 2. The highest BCUT2D eigenvalue weighted by molar-refractivity contribution is 5.94. The lowest BCUT2D eigenvalue weighted by Gasteiger charge is -2.19. The number of hydrogen-bond donors (Lipinski definition) is 8. The quantitative estimate of drug-likeness (QED) is 0.120. The van der Waals surface area contributed by atoms with Crippen LogP contribution in [0.3, 0.4) is 0 Å². The standard InChI is InChI=1S/C16H25N5O10/c17-7(1-3-10(18)22)14(28)21-9(5-13(26)27)15(29)19-6-11(23)20-8(16(30)31)2-4-12(24)25/h7-9H,1-6,17H2,(H2,18,22)(H,19,29)(H,20,23)(H,21,28)(H,24,25)(H,26,27)(H,30,31). The number of hydrogen-bond acceptors (Lipinski definition) is 8. The highest BCUT2D eigenvalue weighted by Gasteiger charge is 2.27. The van der Waals surface area contributed by atoms with Gasteiger partial charge in [-0.05, 0) is 12.8 Å². The van der Waals surface area contributed by atoms with E-state index in [1.165, 1.54) is 0 Å². The minimum absolute atomic E-state index is 0.141. The fraction of sp³-hybridized carbons (Fsp3) is 0.562. The number of carboxylic acid groups (broad SMARTS) is 3. The molecule has 3 atom stereocenters. The molecule has 15 heteroatoms. The average molecular weight is 447 g/mol. The monoisotopic (exact) mass is 447 g/mol. The summed E-state index contributed by atoms with van der Waals surface area (Å²) in [7, 11) is 0. The molecule has 0 saturated carbocycles. The van der Waals surface area contributed by atoms with Crippen LogP contribution in [0.1, 0.15) is 32.1 Å². The predicted octanol–water partition coefficient (Wildman–Crippen LogP) is -3.91. The van der Waals surface area contributed by atoms with Gasteiger partial charge < -0.3 is 42.7 Å². The second-order valence-electron chi connectivity index (χ2n) is 6.38. The van der Waals surface area contributed by atoms with Gasteiger partial charge in [0.25, 0.3) is 0 Å². The number of carbonyl (C=O) groups excluding carboxylic acids is 4. The SMILES string of the molecule is NC(=O)CCC(N)C(=O)NC(CC(=O)O)C(=O)NCC(=O)NC(CCC(=O)O)C(=O)O. The Balaban J connectivity index is 4.85. The molecule has 10 N–H and O–H groups in total. The third-order valence-corrected chi connectivity index (χ3v) is 3.75. The number of amides is 4. The Labute approximate surface area is 175 Å². The van der Waals surface area contributed by atoms with Crippen LogP contribution >= 0.6 is 0 Å². The first kappa shape index (κ1) is 27.2. The normalized spacial score (nSPS) is 13.2. The predicted molar refractivity (Wildman–Crippen MR) is 100 cm³/mol. The van der Waals surface area contributed by atoms with Gasteiger partial charge in [-0.2, -0.15) is 0 Å². The fourth-order valence-electron chi connectivity index (χ4n) is 2.15. The van der Waals surface area contributed by atoms with Crippen molar-refractivity contribution >= 4 is 41.5 Å². The number of nitrogens with one attached hydrogen (secondary N) is 3. The highest BCUT2D eigenvalue weighted by Crippen LogP contribution is 2.00. The molecule has 0 aromatic rings. The zero-order chi connectivity index (χ0) is 24.1. The van der Waals surface area contributed by atoms with E-state index in [0.717, 1.165) is 0 Å². The van der Waals surface area contributed by atoms with Gasteiger partial charge in [0.05, 0.1) is 19.0 Å². The lowest BCUT2D eigenvalue weighted by Crippen LogP contribution is -2.54. The van der Waals surface area contributed by atoms with Crippen molar-refractivity contribution in [3.05, 3.63) is 0 Å². The molecule has 3 unspecified atom stereocenters. The van der Waals surface area contributed by atoms with Crippen LogP contribution in [0.2, 0.25) is 0 Å². The first-order chi connectivity index (χ1) is 14.3. The molecule has 0 aromatic heterocycles. The Morgan fingerprint density at radius 3 is 1.87 bits per heavy atom. The van der Waals surface area contributed by atoms with Crippen LogP contribution in [-0.4, -0.2) is 81.5 Å². The van der Waals surface area contributed by atoms with Gasteiger partial charge in [0.1, 0.15) is 12.1 Å². The van der Waals surface area contributed by atoms with Crippen molar-refractivity contribution in [1.82, 2.24) is 16.0 Å². The summed E-state index contributed by atoms with van der Waals surface area (Å²) in [5.74, 6) is -7.88. The van der Waals surface area contributed by atoms with Crippen molar-refractivity contribution in [2.24, 2.45) is 11.5 Å². The smallest absolute Gasteiger partial charge is 0.326 e. The Kier molecular flexibility index (Phi) is 11.8. The van der Waals surface area contributed by atoms with Crippen molar-refractivity contribution < 1.29 is 48.9 Å². The summed E-state index contributed by atoms with van der Waals surface area (Å²) in [6.07, 6.45) is -2.12. The Morgan fingerprint density at radius 1 is 0.774 bits per heavy atom. The maximum atomic E-state index is 12.2. The highest BCUT2D eigenvalue weighted by atomic mass is 16.4. The third-order valence-electron chi connectivity index (χ3n) is 3.75. The lowest BCUT2D eigenvalue weighted by molar-refractivity contribution is -0.143. The zero-order valence-electron chi connectivity index (χ0n) is 16.3. The average Bonchev–Trinajstić information content (AvgIpc) is 2.65. The van der Waals surface area contributed by atoms with Crippen LogP contribution < -0.4 is 27.4 Å². The molecule has 0 saturated heterocycles. The van der Waals surface area contributed by atoms with Crippen molar-refractivity contribution in [3.63, 3.8) is 0 Å². The molecule has 0 rings (SSSR count). The van der Waals surface area contributed by atoms with Gasteiger partial charge in [0, 0.05) is 12.8 Å². The molecule has 0 heterocycles. The molecule has 0 aliphatic heterocycles. The van der Waals surface area contributed by atoms with Crippen LogP contribution in [-0.2, 0) is 33.6 Å². The van der Waals surface area contributed by atoms with E-state index in [1.54, 1.807) is 0 Å². The Bertz CT molecular complexity index is 726. The molecule has 0 aromatic carbocycles. The minimum atomic E-state index is -1.61. The molecular weight excluding hydrogens is 422 g/mol. The Hall–Kier alpha value is -3.75. The van der Waals surface area contributed by atoms with E-state index in [-0.39, 0.29) is 12.8 Å². The molecule has 0 aliphatic rings. The van der Waals surface area contributed by atoms with E-state index in [4.69, 9.17) is 26.8 Å². The van der Waals surface area contributed by atoms with Crippen molar-refractivity contribution in [2.75, 3.05) is 6.54 Å². The summed E-state index contributed by atoms with van der Waals surface area (Å²) in [6.45, 7) is -0.768. The molecule has 0 radical (unpaired) electrons. The third kappa shape index (κ3) is 12.4. The maximum Gasteiger partial charge on any atom is 0.326 e. The van der Waals surface area contributed by atoms with E-state index < -0.39 is 85.5 Å². The van der Waals surface area contributed by atoms with E-state index in [1.807, 2.05) is 10.6 Å². The van der Waals surface area contributed by atoms with Crippen molar-refractivity contribution in [3.8, 4) is 0 Å². The number of aliphatic carboxylic acids is 3. The largest absolute Gasteiger partial charge is 0.481 e. The van der Waals surface area contributed by atoms with E-state index in [9.17, 15) is 33.6 Å². The fourth-order valence-corrected chi connectivity index (χ4v) is 2.15. The van der Waals surface area contributed by atoms with Crippen molar-refractivity contribution in [2.45, 2.75) is 50.2 Å². The van der Waals surface area contributed by atoms with Crippen LogP contribution in [0, 0.1) is 0 Å². The number of carboxylic acids is 3. The van der Waals surface area contributed by atoms with E-state index in [0.29, 0.717) is 0 Å². The molecule has 0 spiro atoms. The summed E-state index contributed by atoms with van der Waals surface area (Å²) in [6, 6.07) is -4.37. The molecule has 174 valence electrons. The molecule has 31 heavy (non-hydrogen) atoms. The van der Waals surface area contributed by atoms with Gasteiger partial charge in [-0.15, -0.1) is 0 Å². The summed E-state index contributed by atoms with van der Waals surface area (Å²) in [5, 5.41) is 32.6. The maximum absolute atomic E-state index is 12.2. The van der Waals surface area contributed by atoms with Gasteiger partial charge in [-0.1, -0.05) is 0 Å². The van der Waals surface area contributed by atoms with E-state index in [2.05, 4.69) is 5.32 Å². The zero-order valence-corrected chi connectivity index (χ0v) is 16.3. The van der Waals surface area contributed by atoms with Gasteiger partial charge in [-0.25, -0.2) is 4.79 Å². The second-order valence-corrected chi connectivity index (χ2v) is 6.38. The number of primary amides is 1. The first-order valence-electron chi connectivity index (χ1n) is 8.91. The number of carbonyl (C=O) groups is 7. The first-order valence-corrected chi connectivity index (χ1v) is 8.91. The minimum Gasteiger partial charge on any atom is -0.481 e. The van der Waals surface area contributed by atoms with Gasteiger partial charge >= 0.3 is 17.9 Å². The summed E-state index contributed by atoms with van der Waals surface area (Å²) < 4.78 is 0. The van der Waals surface area contributed by atoms with Crippen LogP contribution in [0.5, 0.6) is 0 Å². The molecular formula is C16H25N5O10. The molecule has 0 bridgehead atoms. The topological polar surface area (TPSA) is 268 Å². The molecule has 0 aliphatic carbocycles. The molecule has 0 fully saturated rings. The summed E-state index contributed by atoms with van der Waals surface area (Å²) in [4.78, 5) is 79.2. The Morgan fingerprint density at radius 2 is 1.39 bits per heavy atom. The molecule has 4 amide bonds. The lowest BCUT2D eigenvalue weighted by atomic mass is 10.1.